The van der Waals surface area contributed by atoms with Gasteiger partial charge in [-0.1, -0.05) is 29.8 Å². The molecule has 1 heterocycles. The third-order valence-electron chi connectivity index (χ3n) is 3.13. The SMILES string of the molecule is CC(Nc1nc(N)nc(C(F)C(F)(F)F)n1)C1=CCC=C(Cl)C=C1. The molecule has 10 heteroatoms. The molecular weight excluding hydrogens is 350 g/mol. The number of aromatic nitrogens is 3. The second kappa shape index (κ2) is 7.16. The summed E-state index contributed by atoms with van der Waals surface area (Å²) in [6.45, 7) is 1.74. The summed E-state index contributed by atoms with van der Waals surface area (Å²) >= 11 is 5.89. The Kier molecular flexibility index (Phi) is 5.43. The molecule has 5 nitrogen and oxygen atoms in total. The van der Waals surface area contributed by atoms with Crippen molar-refractivity contribution >= 4 is 23.5 Å². The van der Waals surface area contributed by atoms with Crippen LogP contribution in [0.2, 0.25) is 0 Å². The van der Waals surface area contributed by atoms with Crippen LogP contribution in [-0.4, -0.2) is 27.2 Å². The van der Waals surface area contributed by atoms with E-state index in [9.17, 15) is 17.6 Å². The molecule has 1 aromatic rings. The van der Waals surface area contributed by atoms with Crippen LogP contribution in [0.4, 0.5) is 29.5 Å². The number of nitrogens with zero attached hydrogens (tertiary/aromatic N) is 3. The van der Waals surface area contributed by atoms with Crippen molar-refractivity contribution in [3.8, 4) is 0 Å². The minimum Gasteiger partial charge on any atom is -0.368 e. The van der Waals surface area contributed by atoms with E-state index in [0.29, 0.717) is 11.5 Å². The molecule has 0 spiro atoms. The Morgan fingerprint density at radius 1 is 1.21 bits per heavy atom. The average Bonchev–Trinajstić information content (AvgIpc) is 2.69. The smallest absolute Gasteiger partial charge is 0.368 e. The van der Waals surface area contributed by atoms with Crippen molar-refractivity contribution < 1.29 is 17.6 Å². The van der Waals surface area contributed by atoms with Gasteiger partial charge in [-0.25, -0.2) is 4.39 Å². The van der Waals surface area contributed by atoms with E-state index in [1.165, 1.54) is 0 Å². The zero-order valence-electron chi connectivity index (χ0n) is 12.5. The largest absolute Gasteiger partial charge is 0.427 e. The maximum atomic E-state index is 13.4. The Balaban J connectivity index is 2.19. The van der Waals surface area contributed by atoms with Gasteiger partial charge in [-0.15, -0.1) is 0 Å². The first kappa shape index (κ1) is 18.2. The molecule has 0 aliphatic heterocycles. The predicted molar refractivity (Wildman–Crippen MR) is 83.0 cm³/mol. The number of anilines is 2. The molecule has 24 heavy (non-hydrogen) atoms. The van der Waals surface area contributed by atoms with Gasteiger partial charge in [-0.3, -0.25) is 0 Å². The van der Waals surface area contributed by atoms with E-state index in [1.54, 1.807) is 25.2 Å². The second-order valence-corrected chi connectivity index (χ2v) is 5.44. The fraction of sp³-hybridized carbons (Fsp3) is 0.357. The summed E-state index contributed by atoms with van der Waals surface area (Å²) in [5.74, 6) is -1.83. The molecule has 0 saturated heterocycles. The van der Waals surface area contributed by atoms with E-state index in [1.807, 2.05) is 6.08 Å². The predicted octanol–water partition coefficient (Wildman–Crippen LogP) is 3.84. The van der Waals surface area contributed by atoms with Crippen LogP contribution < -0.4 is 11.1 Å². The van der Waals surface area contributed by atoms with Crippen LogP contribution >= 0.6 is 11.6 Å². The molecule has 2 rings (SSSR count). The van der Waals surface area contributed by atoms with E-state index in [2.05, 4.69) is 20.3 Å². The molecule has 1 aromatic heterocycles. The van der Waals surface area contributed by atoms with Crippen molar-refractivity contribution in [2.24, 2.45) is 0 Å². The van der Waals surface area contributed by atoms with Crippen molar-refractivity contribution in [1.29, 1.82) is 0 Å². The van der Waals surface area contributed by atoms with Gasteiger partial charge in [0.2, 0.25) is 11.9 Å². The molecule has 0 bridgehead atoms. The summed E-state index contributed by atoms with van der Waals surface area (Å²) in [5.41, 5.74) is 6.16. The number of hydrogen-bond donors (Lipinski definition) is 2. The first-order chi connectivity index (χ1) is 11.2. The lowest BCUT2D eigenvalue weighted by atomic mass is 10.1. The molecular formula is C14H14ClF4N5. The van der Waals surface area contributed by atoms with E-state index in [-0.39, 0.29) is 12.0 Å². The van der Waals surface area contributed by atoms with Gasteiger partial charge in [-0.05, 0) is 25.0 Å². The number of allylic oxidation sites excluding steroid dienone is 4. The number of rotatable bonds is 4. The van der Waals surface area contributed by atoms with Crippen LogP contribution in [0.15, 0.2) is 34.9 Å². The first-order valence-corrected chi connectivity index (χ1v) is 7.27. The van der Waals surface area contributed by atoms with Gasteiger partial charge in [0.05, 0.1) is 6.04 Å². The highest BCUT2D eigenvalue weighted by Gasteiger charge is 2.44. The summed E-state index contributed by atoms with van der Waals surface area (Å²) in [4.78, 5) is 10.4. The highest BCUT2D eigenvalue weighted by molar-refractivity contribution is 6.31. The number of halogens is 5. The Hall–Kier alpha value is -2.16. The van der Waals surface area contributed by atoms with Crippen molar-refractivity contribution in [3.05, 3.63) is 40.7 Å². The highest BCUT2D eigenvalue weighted by atomic mass is 35.5. The van der Waals surface area contributed by atoms with Gasteiger partial charge in [0, 0.05) is 5.03 Å². The minimum atomic E-state index is -5.12. The topological polar surface area (TPSA) is 76.7 Å². The Morgan fingerprint density at radius 3 is 2.58 bits per heavy atom. The van der Waals surface area contributed by atoms with Gasteiger partial charge < -0.3 is 11.1 Å². The highest BCUT2D eigenvalue weighted by Crippen LogP contribution is 2.34. The molecule has 1 aliphatic rings. The lowest BCUT2D eigenvalue weighted by Crippen LogP contribution is -2.23. The Bertz CT molecular complexity index is 699. The number of nitrogens with two attached hydrogens (primary N) is 1. The van der Waals surface area contributed by atoms with Gasteiger partial charge in [0.15, 0.2) is 5.82 Å². The lowest BCUT2D eigenvalue weighted by molar-refractivity contribution is -0.184. The summed E-state index contributed by atoms with van der Waals surface area (Å²) in [6, 6.07) is -0.365. The minimum absolute atomic E-state index is 0.241. The number of alkyl halides is 4. The summed E-state index contributed by atoms with van der Waals surface area (Å²) in [6.07, 6.45) is -0.741. The zero-order chi connectivity index (χ0) is 17.9. The van der Waals surface area contributed by atoms with Crippen LogP contribution in [0, 0.1) is 0 Å². The van der Waals surface area contributed by atoms with Crippen LogP contribution in [0.25, 0.3) is 0 Å². The molecule has 0 radical (unpaired) electrons. The number of nitrogen functional groups attached to an aromatic ring is 1. The number of nitrogens with one attached hydrogen (secondary N) is 1. The second-order valence-electron chi connectivity index (χ2n) is 5.01. The molecule has 2 atom stereocenters. The summed E-state index contributed by atoms with van der Waals surface area (Å²) in [5, 5.41) is 3.35. The average molecular weight is 364 g/mol. The molecule has 0 saturated carbocycles. The fourth-order valence-corrected chi connectivity index (χ4v) is 2.10. The van der Waals surface area contributed by atoms with Crippen LogP contribution in [-0.2, 0) is 0 Å². The Labute approximate surface area is 140 Å². The van der Waals surface area contributed by atoms with Crippen molar-refractivity contribution in [2.75, 3.05) is 11.1 Å². The third kappa shape index (κ3) is 4.67. The Morgan fingerprint density at radius 2 is 1.92 bits per heavy atom. The van der Waals surface area contributed by atoms with Crippen molar-refractivity contribution in [3.63, 3.8) is 0 Å². The zero-order valence-corrected chi connectivity index (χ0v) is 13.2. The standard InChI is InChI=1S/C14H14ClF4N5/c1-7(8-3-2-4-9(15)6-5-8)21-13-23-11(22-12(20)24-13)10(16)14(17,18)19/h3-7,10H,2H2,1H3,(H3,20,21,22,23,24). The van der Waals surface area contributed by atoms with Crippen molar-refractivity contribution in [2.45, 2.75) is 31.7 Å². The van der Waals surface area contributed by atoms with Crippen LogP contribution in [0.1, 0.15) is 25.3 Å². The molecule has 0 aromatic carbocycles. The summed E-state index contributed by atoms with van der Waals surface area (Å²) < 4.78 is 50.8. The molecule has 3 N–H and O–H groups in total. The van der Waals surface area contributed by atoms with Gasteiger partial charge in [0.1, 0.15) is 0 Å². The normalized spacial score (nSPS) is 17.6. The van der Waals surface area contributed by atoms with E-state index >= 15 is 0 Å². The van der Waals surface area contributed by atoms with Gasteiger partial charge in [0.25, 0.3) is 6.17 Å². The van der Waals surface area contributed by atoms with Gasteiger partial charge >= 0.3 is 6.18 Å². The third-order valence-corrected chi connectivity index (χ3v) is 3.41. The molecule has 0 amide bonds. The maximum Gasteiger partial charge on any atom is 0.427 e. The van der Waals surface area contributed by atoms with Crippen LogP contribution in [0.3, 0.4) is 0 Å². The number of hydrogen-bond acceptors (Lipinski definition) is 5. The first-order valence-electron chi connectivity index (χ1n) is 6.89. The summed E-state index contributed by atoms with van der Waals surface area (Å²) in [7, 11) is 0. The molecule has 2 unspecified atom stereocenters. The van der Waals surface area contributed by atoms with Crippen molar-refractivity contribution in [1.82, 2.24) is 15.0 Å². The quantitative estimate of drug-likeness (QED) is 0.795. The monoisotopic (exact) mass is 363 g/mol. The van der Waals surface area contributed by atoms with Crippen LogP contribution in [0.5, 0.6) is 0 Å². The van der Waals surface area contributed by atoms with E-state index in [4.69, 9.17) is 17.3 Å². The lowest BCUT2D eigenvalue weighted by Gasteiger charge is -2.17. The molecule has 0 fully saturated rings. The maximum absolute atomic E-state index is 13.4. The molecule has 1 aliphatic carbocycles. The molecule has 130 valence electrons. The van der Waals surface area contributed by atoms with Gasteiger partial charge in [-0.2, -0.15) is 28.1 Å². The van der Waals surface area contributed by atoms with E-state index in [0.717, 1.165) is 5.57 Å². The fourth-order valence-electron chi connectivity index (χ4n) is 1.95. The van der Waals surface area contributed by atoms with E-state index < -0.39 is 24.1 Å².